The molecule has 1 aliphatic heterocycles. The predicted octanol–water partition coefficient (Wildman–Crippen LogP) is 2.80. The third-order valence-corrected chi connectivity index (χ3v) is 6.87. The maximum absolute atomic E-state index is 5.50. The maximum atomic E-state index is 5.50. The molecule has 0 bridgehead atoms. The van der Waals surface area contributed by atoms with E-state index in [0.717, 1.165) is 61.5 Å². The molecule has 1 N–H and O–H groups in total. The SMILES string of the molecule is Cc1cnc2ncc(-c3ccn4nc(N[C@H]5CC[C@@H](N6CCOCC6)CC5)ncc34)cn12. The van der Waals surface area contributed by atoms with Crippen molar-refractivity contribution in [2.45, 2.75) is 44.7 Å². The Kier molecular flexibility index (Phi) is 4.99. The van der Waals surface area contributed by atoms with Gasteiger partial charge < -0.3 is 10.1 Å². The van der Waals surface area contributed by atoms with Crippen molar-refractivity contribution in [2.75, 3.05) is 31.6 Å². The molecule has 1 saturated carbocycles. The van der Waals surface area contributed by atoms with Crippen molar-refractivity contribution in [1.29, 1.82) is 0 Å². The summed E-state index contributed by atoms with van der Waals surface area (Å²) in [6.45, 7) is 5.91. The Hall–Kier alpha value is -3.04. The van der Waals surface area contributed by atoms with E-state index in [4.69, 9.17) is 9.84 Å². The van der Waals surface area contributed by atoms with Crippen LogP contribution in [0, 0.1) is 6.92 Å². The van der Waals surface area contributed by atoms with E-state index >= 15 is 0 Å². The Bertz CT molecular complexity index is 1230. The van der Waals surface area contributed by atoms with E-state index in [9.17, 15) is 0 Å². The van der Waals surface area contributed by atoms with Gasteiger partial charge in [-0.05, 0) is 38.7 Å². The molecule has 9 nitrogen and oxygen atoms in total. The summed E-state index contributed by atoms with van der Waals surface area (Å²) in [6.07, 6.45) is 14.4. The Balaban J connectivity index is 1.16. The van der Waals surface area contributed by atoms with Gasteiger partial charge in [-0.15, -0.1) is 5.10 Å². The number of fused-ring (bicyclic) bond motifs is 2. The lowest BCUT2D eigenvalue weighted by Crippen LogP contribution is -2.46. The molecule has 32 heavy (non-hydrogen) atoms. The molecule has 0 aromatic carbocycles. The summed E-state index contributed by atoms with van der Waals surface area (Å²) in [7, 11) is 0. The Morgan fingerprint density at radius 1 is 1.00 bits per heavy atom. The van der Waals surface area contributed by atoms with Crippen molar-refractivity contribution < 1.29 is 4.74 Å². The predicted molar refractivity (Wildman–Crippen MR) is 122 cm³/mol. The fourth-order valence-corrected chi connectivity index (χ4v) is 5.05. The van der Waals surface area contributed by atoms with Crippen LogP contribution >= 0.6 is 0 Å². The van der Waals surface area contributed by atoms with Gasteiger partial charge in [-0.2, -0.15) is 0 Å². The molecule has 4 aromatic rings. The van der Waals surface area contributed by atoms with Crippen LogP contribution in [-0.2, 0) is 4.74 Å². The first-order valence-corrected chi connectivity index (χ1v) is 11.5. The average Bonchev–Trinajstić information content (AvgIpc) is 3.43. The summed E-state index contributed by atoms with van der Waals surface area (Å²) in [5, 5.41) is 8.28. The minimum absolute atomic E-state index is 0.426. The van der Waals surface area contributed by atoms with Gasteiger partial charge in [0, 0.05) is 60.6 Å². The lowest BCUT2D eigenvalue weighted by Gasteiger charge is -2.38. The van der Waals surface area contributed by atoms with E-state index in [0.29, 0.717) is 23.8 Å². The zero-order valence-electron chi connectivity index (χ0n) is 18.3. The molecule has 0 atom stereocenters. The van der Waals surface area contributed by atoms with E-state index in [1.165, 1.54) is 12.8 Å². The minimum Gasteiger partial charge on any atom is -0.379 e. The Labute approximate surface area is 186 Å². The minimum atomic E-state index is 0.426. The van der Waals surface area contributed by atoms with Crippen LogP contribution in [0.25, 0.3) is 22.4 Å². The van der Waals surface area contributed by atoms with Crippen LogP contribution in [0.15, 0.2) is 37.1 Å². The zero-order chi connectivity index (χ0) is 21.5. The zero-order valence-corrected chi connectivity index (χ0v) is 18.3. The second-order valence-electron chi connectivity index (χ2n) is 8.85. The topological polar surface area (TPSA) is 84.9 Å². The standard InChI is InChI=1S/C23H28N8O/c1-16-12-25-23-26-13-17(15-30(16)23)20-6-7-31-21(20)14-24-22(28-31)27-18-2-4-19(5-3-18)29-8-10-32-11-9-29/h6-7,12-15,18-19H,2-5,8-11H2,1H3,(H,27,28)/t18-,19+. The van der Waals surface area contributed by atoms with Crippen molar-refractivity contribution in [3.63, 3.8) is 0 Å². The smallest absolute Gasteiger partial charge is 0.241 e. The molecule has 2 aliphatic rings. The number of morpholine rings is 1. The highest BCUT2D eigenvalue weighted by atomic mass is 16.5. The van der Waals surface area contributed by atoms with Crippen LogP contribution in [0.3, 0.4) is 0 Å². The van der Waals surface area contributed by atoms with E-state index in [2.05, 4.69) is 37.4 Å². The average molecular weight is 433 g/mol. The lowest BCUT2D eigenvalue weighted by molar-refractivity contribution is 0.00790. The maximum Gasteiger partial charge on any atom is 0.241 e. The number of hydrogen-bond donors (Lipinski definition) is 1. The van der Waals surface area contributed by atoms with Gasteiger partial charge in [0.1, 0.15) is 0 Å². The number of hydrogen-bond acceptors (Lipinski definition) is 7. The van der Waals surface area contributed by atoms with Gasteiger partial charge in [0.05, 0.1) is 31.1 Å². The van der Waals surface area contributed by atoms with Gasteiger partial charge in [0.15, 0.2) is 0 Å². The third kappa shape index (κ3) is 3.61. The molecular formula is C23H28N8O. The second-order valence-corrected chi connectivity index (χ2v) is 8.85. The van der Waals surface area contributed by atoms with Gasteiger partial charge in [-0.3, -0.25) is 9.30 Å². The number of nitrogens with zero attached hydrogens (tertiary/aromatic N) is 7. The second kappa shape index (κ2) is 8.14. The molecular weight excluding hydrogens is 404 g/mol. The molecule has 2 fully saturated rings. The molecule has 0 unspecified atom stereocenters. The molecule has 166 valence electrons. The van der Waals surface area contributed by atoms with Crippen LogP contribution in [0.1, 0.15) is 31.4 Å². The lowest BCUT2D eigenvalue weighted by atomic mass is 9.90. The van der Waals surface area contributed by atoms with Gasteiger partial charge in [0.2, 0.25) is 11.7 Å². The molecule has 1 saturated heterocycles. The third-order valence-electron chi connectivity index (χ3n) is 6.87. The van der Waals surface area contributed by atoms with Crippen molar-refractivity contribution in [1.82, 2.24) is 33.9 Å². The molecule has 9 heteroatoms. The van der Waals surface area contributed by atoms with Crippen LogP contribution < -0.4 is 5.32 Å². The summed E-state index contributed by atoms with van der Waals surface area (Å²) in [5.74, 6) is 1.40. The van der Waals surface area contributed by atoms with Crippen LogP contribution in [-0.4, -0.2) is 72.3 Å². The fourth-order valence-electron chi connectivity index (χ4n) is 5.05. The van der Waals surface area contributed by atoms with Gasteiger partial charge in [-0.1, -0.05) is 0 Å². The number of aromatic nitrogens is 6. The quantitative estimate of drug-likeness (QED) is 0.531. The van der Waals surface area contributed by atoms with Crippen LogP contribution in [0.4, 0.5) is 5.95 Å². The normalized spacial score (nSPS) is 22.5. The highest BCUT2D eigenvalue weighted by Crippen LogP contribution is 2.27. The highest BCUT2D eigenvalue weighted by molar-refractivity contribution is 5.79. The molecule has 0 radical (unpaired) electrons. The number of imidazole rings is 1. The van der Waals surface area contributed by atoms with Crippen LogP contribution in [0.2, 0.25) is 0 Å². The van der Waals surface area contributed by atoms with E-state index in [-0.39, 0.29) is 0 Å². The molecule has 1 aliphatic carbocycles. The van der Waals surface area contributed by atoms with Crippen LogP contribution in [0.5, 0.6) is 0 Å². The van der Waals surface area contributed by atoms with Gasteiger partial charge in [0.25, 0.3) is 0 Å². The fraction of sp³-hybridized carbons (Fsp3) is 0.478. The molecule has 0 spiro atoms. The Morgan fingerprint density at radius 3 is 2.66 bits per heavy atom. The van der Waals surface area contributed by atoms with E-state index in [1.54, 1.807) is 0 Å². The van der Waals surface area contributed by atoms with Crippen molar-refractivity contribution in [2.24, 2.45) is 0 Å². The highest BCUT2D eigenvalue weighted by Gasteiger charge is 2.27. The van der Waals surface area contributed by atoms with E-state index in [1.807, 2.05) is 40.6 Å². The summed E-state index contributed by atoms with van der Waals surface area (Å²) in [6, 6.07) is 3.18. The number of ether oxygens (including phenoxy) is 1. The first-order chi connectivity index (χ1) is 15.7. The largest absolute Gasteiger partial charge is 0.379 e. The first kappa shape index (κ1) is 19.6. The summed E-state index contributed by atoms with van der Waals surface area (Å²) in [4.78, 5) is 16.0. The first-order valence-electron chi connectivity index (χ1n) is 11.5. The number of nitrogens with one attached hydrogen (secondary N) is 1. The Morgan fingerprint density at radius 2 is 1.81 bits per heavy atom. The monoisotopic (exact) mass is 432 g/mol. The van der Waals surface area contributed by atoms with Crippen molar-refractivity contribution in [3.8, 4) is 11.1 Å². The van der Waals surface area contributed by atoms with Crippen molar-refractivity contribution in [3.05, 3.63) is 42.7 Å². The number of aryl methyl sites for hydroxylation is 1. The van der Waals surface area contributed by atoms with E-state index < -0.39 is 0 Å². The number of anilines is 1. The summed E-state index contributed by atoms with van der Waals surface area (Å²) in [5.41, 5.74) is 4.10. The van der Waals surface area contributed by atoms with Gasteiger partial charge in [-0.25, -0.2) is 19.5 Å². The van der Waals surface area contributed by atoms with Crippen molar-refractivity contribution >= 4 is 17.2 Å². The summed E-state index contributed by atoms with van der Waals surface area (Å²) >= 11 is 0. The molecule has 5 heterocycles. The van der Waals surface area contributed by atoms with Gasteiger partial charge >= 0.3 is 0 Å². The molecule has 0 amide bonds. The summed E-state index contributed by atoms with van der Waals surface area (Å²) < 4.78 is 9.40. The molecule has 6 rings (SSSR count). The molecule has 4 aromatic heterocycles. The number of rotatable bonds is 4.